The zero-order valence-electron chi connectivity index (χ0n) is 19.6. The summed E-state index contributed by atoms with van der Waals surface area (Å²) in [5.74, 6) is -0.879. The summed E-state index contributed by atoms with van der Waals surface area (Å²) in [6.45, 7) is 3.17. The van der Waals surface area contributed by atoms with Gasteiger partial charge in [0.1, 0.15) is 17.9 Å². The number of rotatable bonds is 6. The number of likely N-dealkylation sites (N-methyl/N-ethyl adjacent to an activating group) is 1. The first-order valence-corrected chi connectivity index (χ1v) is 12.0. The molecule has 2 fully saturated rings. The molecule has 34 heavy (non-hydrogen) atoms. The maximum atomic E-state index is 13.7. The molecule has 5 rings (SSSR count). The van der Waals surface area contributed by atoms with Crippen molar-refractivity contribution in [3.63, 3.8) is 0 Å². The molecular formula is C29H31FNO3+. The number of benzene rings is 3. The summed E-state index contributed by atoms with van der Waals surface area (Å²) in [4.78, 5) is 13.7. The van der Waals surface area contributed by atoms with Gasteiger partial charge < -0.3 is 14.3 Å². The quantitative estimate of drug-likeness (QED) is 0.417. The number of carbonyl (C=O) groups is 1. The zero-order chi connectivity index (χ0) is 23.9. The van der Waals surface area contributed by atoms with E-state index in [9.17, 15) is 14.3 Å². The lowest BCUT2D eigenvalue weighted by Crippen LogP contribution is -2.53. The van der Waals surface area contributed by atoms with Gasteiger partial charge in [-0.05, 0) is 36.6 Å². The van der Waals surface area contributed by atoms with Crippen LogP contribution in [-0.4, -0.2) is 41.3 Å². The number of aliphatic hydroxyl groups is 1. The molecule has 1 saturated heterocycles. The normalized spacial score (nSPS) is 28.3. The Labute approximate surface area is 200 Å². The van der Waals surface area contributed by atoms with Crippen LogP contribution in [0.1, 0.15) is 42.5 Å². The second-order valence-electron chi connectivity index (χ2n) is 9.97. The van der Waals surface area contributed by atoms with Crippen LogP contribution in [0.4, 0.5) is 4.39 Å². The molecule has 0 radical (unpaired) electrons. The summed E-state index contributed by atoms with van der Waals surface area (Å²) in [5.41, 5.74) is -0.0299. The van der Waals surface area contributed by atoms with Crippen LogP contribution in [0.2, 0.25) is 0 Å². The van der Waals surface area contributed by atoms with E-state index in [0.29, 0.717) is 11.1 Å². The molecule has 2 bridgehead atoms. The van der Waals surface area contributed by atoms with Crippen molar-refractivity contribution in [2.45, 2.75) is 43.6 Å². The number of hydrogen-bond acceptors (Lipinski definition) is 3. The molecule has 0 amide bonds. The van der Waals surface area contributed by atoms with Crippen molar-refractivity contribution < 1.29 is 23.5 Å². The molecule has 4 nitrogen and oxygen atoms in total. The fourth-order valence-electron chi connectivity index (χ4n) is 6.17. The van der Waals surface area contributed by atoms with Crippen molar-refractivity contribution in [1.29, 1.82) is 0 Å². The third-order valence-corrected chi connectivity index (χ3v) is 8.22. The van der Waals surface area contributed by atoms with Crippen LogP contribution >= 0.6 is 0 Å². The first-order chi connectivity index (χ1) is 16.3. The summed E-state index contributed by atoms with van der Waals surface area (Å²) < 4.78 is 20.6. The Morgan fingerprint density at radius 3 is 2.21 bits per heavy atom. The number of halogens is 1. The highest BCUT2D eigenvalue weighted by atomic mass is 19.1. The predicted molar refractivity (Wildman–Crippen MR) is 128 cm³/mol. The summed E-state index contributed by atoms with van der Waals surface area (Å²) in [6.07, 6.45) is 1.73. The lowest BCUT2D eigenvalue weighted by molar-refractivity contribution is -0.954. The average molecular weight is 461 g/mol. The molecule has 176 valence electrons. The molecule has 1 N–H and O–H groups in total. The number of quaternary nitrogens is 1. The standard InChI is InChI=1S/C29H31FNO3/c1-20(21-9-5-3-6-10-21)31(2)19-22-13-18-26(31)27(22)34-28(32)29(33,23-11-7-4-8-12-23)24-14-16-25(30)17-15-24/h3-12,14-17,20,22,26-27,33H,13,18-19H2,1-2H3/q+1/t20-,22?,26+,27?,29?,31?/m0/s1. The topological polar surface area (TPSA) is 46.5 Å². The molecule has 6 atom stereocenters. The molecule has 1 heterocycles. The highest BCUT2D eigenvalue weighted by Gasteiger charge is 2.61. The summed E-state index contributed by atoms with van der Waals surface area (Å²) in [5, 5.41) is 11.8. The van der Waals surface area contributed by atoms with Crippen LogP contribution in [0.25, 0.3) is 0 Å². The summed E-state index contributed by atoms with van der Waals surface area (Å²) in [6, 6.07) is 25.1. The van der Waals surface area contributed by atoms with Gasteiger partial charge in [0, 0.05) is 12.0 Å². The van der Waals surface area contributed by atoms with E-state index >= 15 is 0 Å². The van der Waals surface area contributed by atoms with Crippen molar-refractivity contribution in [1.82, 2.24) is 0 Å². The fraction of sp³-hybridized carbons (Fsp3) is 0.345. The molecule has 2 aliphatic rings. The Morgan fingerprint density at radius 2 is 1.56 bits per heavy atom. The zero-order valence-corrected chi connectivity index (χ0v) is 19.6. The molecule has 1 saturated carbocycles. The largest absolute Gasteiger partial charge is 0.453 e. The Bertz CT molecular complexity index is 1150. The van der Waals surface area contributed by atoms with Gasteiger partial charge in [0.2, 0.25) is 5.60 Å². The van der Waals surface area contributed by atoms with Crippen molar-refractivity contribution in [2.75, 3.05) is 13.6 Å². The van der Waals surface area contributed by atoms with Gasteiger partial charge in [0.05, 0.1) is 19.5 Å². The van der Waals surface area contributed by atoms with Gasteiger partial charge >= 0.3 is 5.97 Å². The maximum Gasteiger partial charge on any atom is 0.348 e. The Kier molecular flexibility index (Phi) is 5.78. The van der Waals surface area contributed by atoms with Crippen LogP contribution in [0, 0.1) is 11.7 Å². The smallest absolute Gasteiger partial charge is 0.348 e. The van der Waals surface area contributed by atoms with Gasteiger partial charge in [-0.1, -0.05) is 72.8 Å². The van der Waals surface area contributed by atoms with E-state index in [0.717, 1.165) is 23.9 Å². The third kappa shape index (κ3) is 3.64. The van der Waals surface area contributed by atoms with Gasteiger partial charge in [-0.25, -0.2) is 9.18 Å². The van der Waals surface area contributed by atoms with E-state index < -0.39 is 17.4 Å². The molecule has 3 aromatic rings. The number of esters is 1. The molecule has 1 aliphatic heterocycles. The summed E-state index contributed by atoms with van der Waals surface area (Å²) in [7, 11) is 2.26. The lowest BCUT2D eigenvalue weighted by atomic mass is 9.86. The van der Waals surface area contributed by atoms with Gasteiger partial charge in [-0.2, -0.15) is 0 Å². The minimum Gasteiger partial charge on any atom is -0.453 e. The Balaban J connectivity index is 1.45. The number of hydrogen-bond donors (Lipinski definition) is 1. The van der Waals surface area contributed by atoms with Crippen LogP contribution in [-0.2, 0) is 15.1 Å². The summed E-state index contributed by atoms with van der Waals surface area (Å²) >= 11 is 0. The van der Waals surface area contributed by atoms with Crippen LogP contribution in [0.3, 0.4) is 0 Å². The Hall–Kier alpha value is -3.02. The number of likely N-dealkylation sites (tertiary alicyclic amines) is 1. The van der Waals surface area contributed by atoms with E-state index in [1.165, 1.54) is 29.8 Å². The molecule has 0 aromatic heterocycles. The number of piperidine rings is 1. The van der Waals surface area contributed by atoms with Gasteiger partial charge in [-0.3, -0.25) is 0 Å². The number of fused-ring (bicyclic) bond motifs is 2. The van der Waals surface area contributed by atoms with Gasteiger partial charge in [0.15, 0.2) is 6.10 Å². The van der Waals surface area contributed by atoms with Crippen molar-refractivity contribution >= 4 is 5.97 Å². The average Bonchev–Trinajstić information content (AvgIpc) is 3.38. The second-order valence-corrected chi connectivity index (χ2v) is 9.97. The highest BCUT2D eigenvalue weighted by molar-refractivity contribution is 5.85. The van der Waals surface area contributed by atoms with E-state index in [-0.39, 0.29) is 24.1 Å². The van der Waals surface area contributed by atoms with E-state index in [4.69, 9.17) is 4.74 Å². The Morgan fingerprint density at radius 1 is 0.971 bits per heavy atom. The van der Waals surface area contributed by atoms with Gasteiger partial charge in [0.25, 0.3) is 0 Å². The number of ether oxygens (including phenoxy) is 1. The maximum absolute atomic E-state index is 13.7. The minimum absolute atomic E-state index is 0.164. The molecule has 1 aliphatic carbocycles. The number of nitrogens with zero attached hydrogens (tertiary/aromatic N) is 1. The van der Waals surface area contributed by atoms with E-state index in [1.807, 2.05) is 12.1 Å². The SMILES string of the molecule is C[C@@H](c1ccccc1)[N+]1(C)CC2CC[C@@H]1C2OC(=O)C(O)(c1ccccc1)c1ccc(F)cc1. The molecule has 5 heteroatoms. The molecule has 3 aromatic carbocycles. The van der Waals surface area contributed by atoms with E-state index in [2.05, 4.69) is 38.2 Å². The molecular weight excluding hydrogens is 429 g/mol. The minimum atomic E-state index is -2.01. The predicted octanol–water partition coefficient (Wildman–Crippen LogP) is 4.97. The first kappa shape index (κ1) is 22.8. The van der Waals surface area contributed by atoms with Crippen LogP contribution in [0.15, 0.2) is 84.9 Å². The van der Waals surface area contributed by atoms with Crippen molar-refractivity contribution in [2.24, 2.45) is 5.92 Å². The van der Waals surface area contributed by atoms with Crippen molar-refractivity contribution in [3.8, 4) is 0 Å². The van der Waals surface area contributed by atoms with E-state index in [1.54, 1.807) is 24.3 Å². The second kappa shape index (κ2) is 8.64. The third-order valence-electron chi connectivity index (χ3n) is 8.22. The fourth-order valence-corrected chi connectivity index (χ4v) is 6.17. The monoisotopic (exact) mass is 460 g/mol. The van der Waals surface area contributed by atoms with Crippen molar-refractivity contribution in [3.05, 3.63) is 107 Å². The lowest BCUT2D eigenvalue weighted by Gasteiger charge is -2.43. The van der Waals surface area contributed by atoms with Gasteiger partial charge in [-0.15, -0.1) is 0 Å². The van der Waals surface area contributed by atoms with Crippen LogP contribution < -0.4 is 0 Å². The molecule has 0 spiro atoms. The first-order valence-electron chi connectivity index (χ1n) is 12.0. The molecule has 4 unspecified atom stereocenters. The van der Waals surface area contributed by atoms with Crippen LogP contribution in [0.5, 0.6) is 0 Å². The number of carbonyl (C=O) groups excluding carboxylic acids is 1. The highest BCUT2D eigenvalue weighted by Crippen LogP contribution is 2.49.